The third-order valence-electron chi connectivity index (χ3n) is 3.94. The second-order valence-corrected chi connectivity index (χ2v) is 7.76. The van der Waals surface area contributed by atoms with E-state index >= 15 is 0 Å². The molecule has 4 nitrogen and oxygen atoms in total. The number of halogens is 3. The van der Waals surface area contributed by atoms with Crippen LogP contribution in [0.2, 0.25) is 0 Å². The highest BCUT2D eigenvalue weighted by atomic mass is 79.9. The van der Waals surface area contributed by atoms with E-state index in [4.69, 9.17) is 9.84 Å². The van der Waals surface area contributed by atoms with Crippen molar-refractivity contribution in [1.29, 1.82) is 0 Å². The molecule has 0 aliphatic rings. The standard InChI is InChI=1S/C21H16Br2FNO3/c22-18-8-14(11-25-17-6-2-4-15(10-17)21(26)27)9-19(23)20(18)28-12-13-3-1-5-16(24)7-13/h1-10,25H,11-12H2,(H,26,27). The van der Waals surface area contributed by atoms with Gasteiger partial charge in [0.2, 0.25) is 0 Å². The van der Waals surface area contributed by atoms with Crippen molar-refractivity contribution in [2.24, 2.45) is 0 Å². The second kappa shape index (κ2) is 9.21. The monoisotopic (exact) mass is 507 g/mol. The van der Waals surface area contributed by atoms with E-state index in [1.807, 2.05) is 18.2 Å². The Morgan fingerprint density at radius 1 is 1.00 bits per heavy atom. The molecule has 144 valence electrons. The van der Waals surface area contributed by atoms with Gasteiger partial charge in [-0.1, -0.05) is 18.2 Å². The molecule has 0 amide bonds. The van der Waals surface area contributed by atoms with Crippen molar-refractivity contribution in [2.45, 2.75) is 13.2 Å². The maximum atomic E-state index is 13.3. The summed E-state index contributed by atoms with van der Waals surface area (Å²) in [6.45, 7) is 0.749. The minimum atomic E-state index is -0.964. The predicted molar refractivity (Wildman–Crippen MR) is 113 cm³/mol. The highest BCUT2D eigenvalue weighted by molar-refractivity contribution is 9.11. The summed E-state index contributed by atoms with van der Waals surface area (Å²) in [6, 6.07) is 16.7. The Labute approximate surface area is 178 Å². The highest BCUT2D eigenvalue weighted by Gasteiger charge is 2.10. The van der Waals surface area contributed by atoms with Crippen LogP contribution in [0.1, 0.15) is 21.5 Å². The highest BCUT2D eigenvalue weighted by Crippen LogP contribution is 2.35. The number of benzene rings is 3. The van der Waals surface area contributed by atoms with Gasteiger partial charge in [0.05, 0.1) is 14.5 Å². The Kier molecular flexibility index (Phi) is 6.70. The molecule has 0 radical (unpaired) electrons. The Bertz CT molecular complexity index is 987. The summed E-state index contributed by atoms with van der Waals surface area (Å²) in [5.41, 5.74) is 2.66. The molecule has 3 aromatic carbocycles. The average Bonchev–Trinajstić information content (AvgIpc) is 2.66. The lowest BCUT2D eigenvalue weighted by Gasteiger charge is -2.13. The molecule has 0 fully saturated rings. The molecule has 0 atom stereocenters. The summed E-state index contributed by atoms with van der Waals surface area (Å²) < 4.78 is 20.6. The van der Waals surface area contributed by atoms with Gasteiger partial charge in [-0.2, -0.15) is 0 Å². The first kappa shape index (κ1) is 20.4. The summed E-state index contributed by atoms with van der Waals surface area (Å²) >= 11 is 7.02. The molecule has 3 aromatic rings. The fourth-order valence-corrected chi connectivity index (χ4v) is 4.11. The first-order valence-corrected chi connectivity index (χ1v) is 9.93. The van der Waals surface area contributed by atoms with Crippen molar-refractivity contribution in [3.63, 3.8) is 0 Å². The molecule has 0 aromatic heterocycles. The van der Waals surface area contributed by atoms with E-state index in [9.17, 15) is 9.18 Å². The van der Waals surface area contributed by atoms with E-state index in [1.54, 1.807) is 30.3 Å². The molecular formula is C21H16Br2FNO3. The number of hydrogen-bond acceptors (Lipinski definition) is 3. The minimum absolute atomic E-state index is 0.230. The first-order valence-electron chi connectivity index (χ1n) is 8.35. The van der Waals surface area contributed by atoms with Crippen LogP contribution in [0.4, 0.5) is 10.1 Å². The van der Waals surface area contributed by atoms with Gasteiger partial charge in [-0.05, 0) is 85.5 Å². The van der Waals surface area contributed by atoms with Crippen LogP contribution in [0, 0.1) is 5.82 Å². The Morgan fingerprint density at radius 3 is 2.39 bits per heavy atom. The van der Waals surface area contributed by atoms with Crippen molar-refractivity contribution >= 4 is 43.5 Å². The zero-order valence-corrected chi connectivity index (χ0v) is 17.8. The average molecular weight is 509 g/mol. The summed E-state index contributed by atoms with van der Waals surface area (Å²) in [4.78, 5) is 11.1. The van der Waals surface area contributed by atoms with Crippen LogP contribution in [0.3, 0.4) is 0 Å². The number of ether oxygens (including phenoxy) is 1. The number of aromatic carboxylic acids is 1. The maximum Gasteiger partial charge on any atom is 0.335 e. The number of rotatable bonds is 7. The van der Waals surface area contributed by atoms with Crippen LogP contribution in [0.5, 0.6) is 5.75 Å². The fourth-order valence-electron chi connectivity index (χ4n) is 2.60. The SMILES string of the molecule is O=C(O)c1cccc(NCc2cc(Br)c(OCc3cccc(F)c3)c(Br)c2)c1. The van der Waals surface area contributed by atoms with Gasteiger partial charge in [0.25, 0.3) is 0 Å². The molecule has 3 rings (SSSR count). The second-order valence-electron chi connectivity index (χ2n) is 6.05. The smallest absolute Gasteiger partial charge is 0.335 e. The minimum Gasteiger partial charge on any atom is -0.487 e. The van der Waals surface area contributed by atoms with Crippen molar-refractivity contribution in [3.05, 3.63) is 92.1 Å². The van der Waals surface area contributed by atoms with Crippen molar-refractivity contribution in [1.82, 2.24) is 0 Å². The van der Waals surface area contributed by atoms with Gasteiger partial charge in [-0.3, -0.25) is 0 Å². The summed E-state index contributed by atoms with van der Waals surface area (Å²) in [5.74, 6) is -0.637. The van der Waals surface area contributed by atoms with E-state index < -0.39 is 5.97 Å². The lowest BCUT2D eigenvalue weighted by Crippen LogP contribution is -2.03. The Morgan fingerprint density at radius 2 is 1.71 bits per heavy atom. The lowest BCUT2D eigenvalue weighted by atomic mass is 10.2. The van der Waals surface area contributed by atoms with Crippen molar-refractivity contribution in [2.75, 3.05) is 5.32 Å². The van der Waals surface area contributed by atoms with Crippen molar-refractivity contribution < 1.29 is 19.0 Å². The molecule has 0 bridgehead atoms. The molecule has 0 aliphatic carbocycles. The number of carboxylic acids is 1. The molecule has 0 saturated carbocycles. The van der Waals surface area contributed by atoms with Gasteiger partial charge in [-0.25, -0.2) is 9.18 Å². The molecule has 0 heterocycles. The van der Waals surface area contributed by atoms with Crippen molar-refractivity contribution in [3.8, 4) is 5.75 Å². The molecule has 0 spiro atoms. The number of hydrogen-bond donors (Lipinski definition) is 2. The van der Waals surface area contributed by atoms with E-state index in [1.165, 1.54) is 12.1 Å². The third kappa shape index (κ3) is 5.33. The molecule has 2 N–H and O–H groups in total. The predicted octanol–water partition coefficient (Wildman–Crippen LogP) is 6.24. The van der Waals surface area contributed by atoms with Crippen LogP contribution >= 0.6 is 31.9 Å². The number of nitrogens with one attached hydrogen (secondary N) is 1. The molecule has 0 aliphatic heterocycles. The zero-order chi connectivity index (χ0) is 20.1. The molecule has 0 unspecified atom stereocenters. The van der Waals surface area contributed by atoms with E-state index in [0.29, 0.717) is 12.3 Å². The quantitative estimate of drug-likeness (QED) is 0.396. The van der Waals surface area contributed by atoms with Crippen LogP contribution in [0.15, 0.2) is 69.6 Å². The zero-order valence-electron chi connectivity index (χ0n) is 14.6. The number of carboxylic acid groups (broad SMARTS) is 1. The van der Waals surface area contributed by atoms with E-state index in [0.717, 1.165) is 25.8 Å². The van der Waals surface area contributed by atoms with Gasteiger partial charge in [0, 0.05) is 12.2 Å². The number of anilines is 1. The van der Waals surface area contributed by atoms with Gasteiger partial charge >= 0.3 is 5.97 Å². The van der Waals surface area contributed by atoms with Gasteiger partial charge < -0.3 is 15.2 Å². The topological polar surface area (TPSA) is 58.6 Å². The number of carbonyl (C=O) groups is 1. The lowest BCUT2D eigenvalue weighted by molar-refractivity contribution is 0.0697. The largest absolute Gasteiger partial charge is 0.487 e. The summed E-state index contributed by atoms with van der Waals surface area (Å²) in [5, 5.41) is 12.3. The maximum absolute atomic E-state index is 13.3. The van der Waals surface area contributed by atoms with Crippen LogP contribution < -0.4 is 10.1 Å². The molecule has 7 heteroatoms. The van der Waals surface area contributed by atoms with Crippen LogP contribution in [-0.4, -0.2) is 11.1 Å². The molecule has 0 saturated heterocycles. The van der Waals surface area contributed by atoms with E-state index in [2.05, 4.69) is 37.2 Å². The first-order chi connectivity index (χ1) is 13.4. The Balaban J connectivity index is 1.67. The van der Waals surface area contributed by atoms with Gasteiger partial charge in [0.1, 0.15) is 18.2 Å². The van der Waals surface area contributed by atoms with Crippen LogP contribution in [0.25, 0.3) is 0 Å². The van der Waals surface area contributed by atoms with Gasteiger partial charge in [0.15, 0.2) is 0 Å². The molecule has 28 heavy (non-hydrogen) atoms. The Hall–Kier alpha value is -2.38. The fraction of sp³-hybridized carbons (Fsp3) is 0.0952. The normalized spacial score (nSPS) is 10.5. The van der Waals surface area contributed by atoms with Crippen LogP contribution in [-0.2, 0) is 13.2 Å². The van der Waals surface area contributed by atoms with E-state index in [-0.39, 0.29) is 18.0 Å². The summed E-state index contributed by atoms with van der Waals surface area (Å²) in [7, 11) is 0. The summed E-state index contributed by atoms with van der Waals surface area (Å²) in [6.07, 6.45) is 0. The third-order valence-corrected chi connectivity index (χ3v) is 5.11. The van der Waals surface area contributed by atoms with Gasteiger partial charge in [-0.15, -0.1) is 0 Å². The molecular weight excluding hydrogens is 493 g/mol.